The van der Waals surface area contributed by atoms with Crippen molar-refractivity contribution in [2.75, 3.05) is 5.32 Å². The quantitative estimate of drug-likeness (QED) is 0.275. The third-order valence-corrected chi connectivity index (χ3v) is 6.71. The maximum Gasteiger partial charge on any atom is 0.152 e. The van der Waals surface area contributed by atoms with E-state index in [1.54, 1.807) is 0 Å². The Morgan fingerprint density at radius 1 is 0.886 bits per heavy atom. The SMILES string of the molecule is c1ccc(CNc2nccn3c(C4CCC4)nc(-c4cccc(OCc5ccccc5)c4)c23)cc1. The van der Waals surface area contributed by atoms with E-state index in [4.69, 9.17) is 14.7 Å². The van der Waals surface area contributed by atoms with E-state index in [2.05, 4.69) is 58.2 Å². The summed E-state index contributed by atoms with van der Waals surface area (Å²) in [6, 6.07) is 28.9. The predicted octanol–water partition coefficient (Wildman–Crippen LogP) is 6.85. The second kappa shape index (κ2) is 9.63. The molecule has 174 valence electrons. The Labute approximate surface area is 205 Å². The molecule has 0 bridgehead atoms. The van der Waals surface area contributed by atoms with Crippen LogP contribution in [0.15, 0.2) is 97.3 Å². The van der Waals surface area contributed by atoms with E-state index in [1.807, 2.05) is 48.8 Å². The molecular formula is C30H28N4O. The van der Waals surface area contributed by atoms with Gasteiger partial charge < -0.3 is 10.1 Å². The Bertz CT molecular complexity index is 1430. The molecule has 0 atom stereocenters. The van der Waals surface area contributed by atoms with Crippen LogP contribution >= 0.6 is 0 Å². The third kappa shape index (κ3) is 4.50. The minimum atomic E-state index is 0.498. The summed E-state index contributed by atoms with van der Waals surface area (Å²) in [6.45, 7) is 1.24. The summed E-state index contributed by atoms with van der Waals surface area (Å²) in [7, 11) is 0. The number of ether oxygens (including phenoxy) is 1. The van der Waals surface area contributed by atoms with E-state index in [0.29, 0.717) is 19.1 Å². The number of nitrogens with zero attached hydrogens (tertiary/aromatic N) is 3. The molecule has 0 unspecified atom stereocenters. The lowest BCUT2D eigenvalue weighted by Gasteiger charge is -2.24. The molecule has 1 N–H and O–H groups in total. The predicted molar refractivity (Wildman–Crippen MR) is 140 cm³/mol. The van der Waals surface area contributed by atoms with Crippen molar-refractivity contribution in [1.29, 1.82) is 0 Å². The molecular weight excluding hydrogens is 432 g/mol. The van der Waals surface area contributed by atoms with Crippen LogP contribution in [0.25, 0.3) is 16.8 Å². The number of nitrogens with one attached hydrogen (secondary N) is 1. The Morgan fingerprint density at radius 3 is 2.40 bits per heavy atom. The third-order valence-electron chi connectivity index (χ3n) is 6.71. The summed E-state index contributed by atoms with van der Waals surface area (Å²) in [5.74, 6) is 3.31. The highest BCUT2D eigenvalue weighted by atomic mass is 16.5. The summed E-state index contributed by atoms with van der Waals surface area (Å²) in [6.07, 6.45) is 7.56. The highest BCUT2D eigenvalue weighted by Crippen LogP contribution is 2.40. The molecule has 1 saturated carbocycles. The molecule has 0 amide bonds. The average molecular weight is 461 g/mol. The molecule has 35 heavy (non-hydrogen) atoms. The maximum atomic E-state index is 6.12. The van der Waals surface area contributed by atoms with Gasteiger partial charge in [-0.2, -0.15) is 0 Å². The van der Waals surface area contributed by atoms with Crippen molar-refractivity contribution in [2.45, 2.75) is 38.3 Å². The lowest BCUT2D eigenvalue weighted by Crippen LogP contribution is -2.12. The van der Waals surface area contributed by atoms with Gasteiger partial charge in [-0.15, -0.1) is 0 Å². The van der Waals surface area contributed by atoms with Crippen LogP contribution in [0.4, 0.5) is 5.82 Å². The molecule has 0 aliphatic heterocycles. The van der Waals surface area contributed by atoms with E-state index < -0.39 is 0 Å². The van der Waals surface area contributed by atoms with Crippen molar-refractivity contribution in [3.05, 3.63) is 114 Å². The molecule has 6 rings (SSSR count). The Hall–Kier alpha value is -4.12. The van der Waals surface area contributed by atoms with Crippen LogP contribution in [0, 0.1) is 0 Å². The number of hydrogen-bond acceptors (Lipinski definition) is 4. The molecule has 2 aromatic heterocycles. The highest BCUT2D eigenvalue weighted by molar-refractivity contribution is 5.86. The Kier molecular flexibility index (Phi) is 5.89. The number of aromatic nitrogens is 3. The zero-order valence-corrected chi connectivity index (χ0v) is 19.6. The van der Waals surface area contributed by atoms with E-state index in [9.17, 15) is 0 Å². The normalized spacial score (nSPS) is 13.5. The zero-order valence-electron chi connectivity index (χ0n) is 19.6. The monoisotopic (exact) mass is 460 g/mol. The summed E-state index contributed by atoms with van der Waals surface area (Å²) < 4.78 is 8.36. The molecule has 2 heterocycles. The molecule has 0 saturated heterocycles. The fourth-order valence-electron chi connectivity index (χ4n) is 4.60. The van der Waals surface area contributed by atoms with Crippen LogP contribution in [0.3, 0.4) is 0 Å². The summed E-state index contributed by atoms with van der Waals surface area (Å²) in [5, 5.41) is 3.56. The summed E-state index contributed by atoms with van der Waals surface area (Å²) in [5.41, 5.74) is 5.36. The first-order chi connectivity index (χ1) is 17.3. The van der Waals surface area contributed by atoms with E-state index >= 15 is 0 Å². The Morgan fingerprint density at radius 2 is 1.66 bits per heavy atom. The van der Waals surface area contributed by atoms with Crippen LogP contribution in [0.5, 0.6) is 5.75 Å². The number of fused-ring (bicyclic) bond motifs is 1. The first kappa shape index (κ1) is 21.4. The van der Waals surface area contributed by atoms with Gasteiger partial charge in [-0.25, -0.2) is 9.97 Å². The number of imidazole rings is 1. The molecule has 1 aliphatic carbocycles. The van der Waals surface area contributed by atoms with Gasteiger partial charge in [-0.1, -0.05) is 79.2 Å². The van der Waals surface area contributed by atoms with E-state index in [1.165, 1.54) is 24.8 Å². The first-order valence-electron chi connectivity index (χ1n) is 12.3. The zero-order chi connectivity index (χ0) is 23.5. The van der Waals surface area contributed by atoms with Gasteiger partial charge in [-0.3, -0.25) is 4.40 Å². The second-order valence-corrected chi connectivity index (χ2v) is 9.08. The lowest BCUT2D eigenvalue weighted by molar-refractivity contribution is 0.306. The molecule has 1 aliphatic rings. The topological polar surface area (TPSA) is 51.5 Å². The van der Waals surface area contributed by atoms with Gasteiger partial charge in [0.25, 0.3) is 0 Å². The molecule has 5 aromatic rings. The number of hydrogen-bond donors (Lipinski definition) is 1. The minimum Gasteiger partial charge on any atom is -0.489 e. The first-order valence-corrected chi connectivity index (χ1v) is 12.3. The van der Waals surface area contributed by atoms with Crippen LogP contribution < -0.4 is 10.1 Å². The fourth-order valence-corrected chi connectivity index (χ4v) is 4.60. The number of anilines is 1. The van der Waals surface area contributed by atoms with Gasteiger partial charge in [0, 0.05) is 30.4 Å². The van der Waals surface area contributed by atoms with Crippen LogP contribution in [-0.4, -0.2) is 14.4 Å². The van der Waals surface area contributed by atoms with Crippen molar-refractivity contribution >= 4 is 11.3 Å². The van der Waals surface area contributed by atoms with Crippen molar-refractivity contribution in [3.8, 4) is 17.0 Å². The second-order valence-electron chi connectivity index (χ2n) is 9.08. The van der Waals surface area contributed by atoms with E-state index in [0.717, 1.165) is 39.7 Å². The van der Waals surface area contributed by atoms with Crippen molar-refractivity contribution in [2.24, 2.45) is 0 Å². The molecule has 5 nitrogen and oxygen atoms in total. The molecule has 3 aromatic carbocycles. The standard InChI is InChI=1S/C30H28N4O/c1-3-9-22(10-4-1)20-32-29-28-27(33-30(24-13-7-14-24)34(28)18-17-31-29)25-15-8-16-26(19-25)35-21-23-11-5-2-6-12-23/h1-6,8-12,15-19,24H,7,13-14,20-21H2,(H,31,32). The smallest absolute Gasteiger partial charge is 0.152 e. The summed E-state index contributed by atoms with van der Waals surface area (Å²) in [4.78, 5) is 9.90. The fraction of sp³-hybridized carbons (Fsp3) is 0.200. The average Bonchev–Trinajstić information content (AvgIpc) is 3.26. The number of rotatable bonds is 8. The van der Waals surface area contributed by atoms with Gasteiger partial charge in [0.05, 0.1) is 0 Å². The van der Waals surface area contributed by atoms with Crippen LogP contribution in [0.1, 0.15) is 42.1 Å². The van der Waals surface area contributed by atoms with Gasteiger partial charge >= 0.3 is 0 Å². The van der Waals surface area contributed by atoms with Crippen molar-refractivity contribution in [1.82, 2.24) is 14.4 Å². The van der Waals surface area contributed by atoms with E-state index in [-0.39, 0.29) is 0 Å². The summed E-state index contributed by atoms with van der Waals surface area (Å²) >= 11 is 0. The lowest BCUT2D eigenvalue weighted by atomic mass is 9.85. The minimum absolute atomic E-state index is 0.498. The maximum absolute atomic E-state index is 6.12. The molecule has 0 spiro atoms. The van der Waals surface area contributed by atoms with Gasteiger partial charge in [-0.05, 0) is 36.1 Å². The number of benzene rings is 3. The van der Waals surface area contributed by atoms with Gasteiger partial charge in [0.1, 0.15) is 29.4 Å². The highest BCUT2D eigenvalue weighted by Gasteiger charge is 2.27. The van der Waals surface area contributed by atoms with Crippen LogP contribution in [0.2, 0.25) is 0 Å². The molecule has 5 heteroatoms. The van der Waals surface area contributed by atoms with Gasteiger partial charge in [0.15, 0.2) is 5.82 Å². The molecule has 0 radical (unpaired) electrons. The molecule has 1 fully saturated rings. The van der Waals surface area contributed by atoms with Crippen molar-refractivity contribution in [3.63, 3.8) is 0 Å². The van der Waals surface area contributed by atoms with Crippen LogP contribution in [-0.2, 0) is 13.2 Å². The van der Waals surface area contributed by atoms with Crippen molar-refractivity contribution < 1.29 is 4.74 Å². The largest absolute Gasteiger partial charge is 0.489 e. The van der Waals surface area contributed by atoms with Gasteiger partial charge in [0.2, 0.25) is 0 Å². The Balaban J connectivity index is 1.36.